The first-order valence-electron chi connectivity index (χ1n) is 4.94. The number of hydrogen-bond acceptors (Lipinski definition) is 1. The smallest absolute Gasteiger partial charge is 0.136 e. The first-order chi connectivity index (χ1) is 8.01. The highest BCUT2D eigenvalue weighted by molar-refractivity contribution is 9.10. The van der Waals surface area contributed by atoms with Crippen LogP contribution in [0.25, 0.3) is 5.03 Å². The van der Waals surface area contributed by atoms with Gasteiger partial charge in [0.2, 0.25) is 0 Å². The molecule has 0 aliphatic rings. The highest BCUT2D eigenvalue weighted by Gasteiger charge is 2.17. The van der Waals surface area contributed by atoms with Gasteiger partial charge >= 0.3 is 0 Å². The lowest BCUT2D eigenvalue weighted by molar-refractivity contribution is 0.576. The van der Waals surface area contributed by atoms with Crippen molar-refractivity contribution in [3.05, 3.63) is 39.4 Å². The van der Waals surface area contributed by atoms with Gasteiger partial charge in [-0.25, -0.2) is 8.78 Å². The van der Waals surface area contributed by atoms with Gasteiger partial charge in [0.1, 0.15) is 11.6 Å². The summed E-state index contributed by atoms with van der Waals surface area (Å²) < 4.78 is 27.5. The first-order valence-corrected chi connectivity index (χ1v) is 6.12. The van der Waals surface area contributed by atoms with Gasteiger partial charge in [0.15, 0.2) is 0 Å². The molecule has 0 aliphatic carbocycles. The summed E-state index contributed by atoms with van der Waals surface area (Å²) in [6.45, 7) is 1.86. The molecule has 1 nitrogen and oxygen atoms in total. The maximum atomic E-state index is 13.6. The minimum atomic E-state index is -0.786. The van der Waals surface area contributed by atoms with Crippen molar-refractivity contribution in [1.29, 1.82) is 5.26 Å². The molecule has 0 unspecified atom stereocenters. The van der Waals surface area contributed by atoms with Crippen molar-refractivity contribution in [2.75, 3.05) is 0 Å². The van der Waals surface area contributed by atoms with Gasteiger partial charge in [-0.2, -0.15) is 5.26 Å². The van der Waals surface area contributed by atoms with E-state index in [9.17, 15) is 8.78 Å². The molecule has 1 rings (SSSR count). The van der Waals surface area contributed by atoms with E-state index in [1.165, 1.54) is 0 Å². The third-order valence-electron chi connectivity index (χ3n) is 2.13. The molecule has 0 aliphatic heterocycles. The monoisotopic (exact) mass is 319 g/mol. The molecule has 0 amide bonds. The van der Waals surface area contributed by atoms with E-state index in [4.69, 9.17) is 16.9 Å². The quantitative estimate of drug-likeness (QED) is 0.719. The molecule has 0 fully saturated rings. The van der Waals surface area contributed by atoms with Crippen LogP contribution in [0, 0.1) is 23.0 Å². The van der Waals surface area contributed by atoms with Crippen molar-refractivity contribution in [1.82, 2.24) is 0 Å². The Labute approximate surface area is 112 Å². The van der Waals surface area contributed by atoms with E-state index in [-0.39, 0.29) is 20.6 Å². The Bertz CT molecular complexity index is 483. The molecule has 0 heterocycles. The zero-order valence-corrected chi connectivity index (χ0v) is 11.4. The fourth-order valence-electron chi connectivity index (χ4n) is 1.37. The predicted octanol–water partition coefficient (Wildman–Crippen LogP) is 5.00. The van der Waals surface area contributed by atoms with E-state index < -0.39 is 11.6 Å². The SMILES string of the molecule is CCCC(C#N)=C(Cl)c1c(F)cc(Br)cc1F. The van der Waals surface area contributed by atoms with Gasteiger partial charge in [0, 0.05) is 10.0 Å². The molecule has 0 atom stereocenters. The van der Waals surface area contributed by atoms with Crippen molar-refractivity contribution in [3.8, 4) is 6.07 Å². The van der Waals surface area contributed by atoms with Gasteiger partial charge in [-0.05, 0) is 18.6 Å². The fraction of sp³-hybridized carbons (Fsp3) is 0.250. The van der Waals surface area contributed by atoms with Gasteiger partial charge in [-0.1, -0.05) is 40.9 Å². The average molecular weight is 321 g/mol. The third kappa shape index (κ3) is 3.27. The van der Waals surface area contributed by atoms with Crippen molar-refractivity contribution in [3.63, 3.8) is 0 Å². The number of nitrogens with zero attached hydrogens (tertiary/aromatic N) is 1. The maximum absolute atomic E-state index is 13.6. The number of hydrogen-bond donors (Lipinski definition) is 0. The largest absolute Gasteiger partial charge is 0.206 e. The topological polar surface area (TPSA) is 23.8 Å². The van der Waals surface area contributed by atoms with Crippen molar-refractivity contribution >= 4 is 32.6 Å². The predicted molar refractivity (Wildman–Crippen MR) is 67.4 cm³/mol. The highest BCUT2D eigenvalue weighted by Crippen LogP contribution is 2.31. The summed E-state index contributed by atoms with van der Waals surface area (Å²) in [6.07, 6.45) is 1.07. The van der Waals surface area contributed by atoms with Gasteiger partial charge in [0.05, 0.1) is 16.7 Å². The van der Waals surface area contributed by atoms with E-state index >= 15 is 0 Å². The zero-order chi connectivity index (χ0) is 13.0. The van der Waals surface area contributed by atoms with Crippen molar-refractivity contribution in [2.45, 2.75) is 19.8 Å². The molecule has 0 saturated heterocycles. The maximum Gasteiger partial charge on any atom is 0.136 e. The molecular weight excluding hydrogens is 311 g/mol. The number of benzene rings is 1. The van der Waals surface area contributed by atoms with Crippen LogP contribution in [-0.2, 0) is 0 Å². The van der Waals surface area contributed by atoms with Crippen molar-refractivity contribution < 1.29 is 8.78 Å². The van der Waals surface area contributed by atoms with E-state index in [0.29, 0.717) is 12.8 Å². The number of rotatable bonds is 3. The van der Waals surface area contributed by atoms with Gasteiger partial charge in [-0.15, -0.1) is 0 Å². The highest BCUT2D eigenvalue weighted by atomic mass is 79.9. The summed E-state index contributed by atoms with van der Waals surface area (Å²) in [6, 6.07) is 4.10. The molecule has 0 saturated carbocycles. The zero-order valence-electron chi connectivity index (χ0n) is 9.03. The summed E-state index contributed by atoms with van der Waals surface area (Å²) in [5.41, 5.74) is -0.158. The Morgan fingerprint density at radius 2 is 1.94 bits per heavy atom. The lowest BCUT2D eigenvalue weighted by Gasteiger charge is -2.06. The molecule has 0 N–H and O–H groups in total. The number of halogens is 4. The van der Waals surface area contributed by atoms with E-state index in [2.05, 4.69) is 15.9 Å². The van der Waals surface area contributed by atoms with Crippen LogP contribution >= 0.6 is 27.5 Å². The fourth-order valence-corrected chi connectivity index (χ4v) is 2.09. The second-order valence-electron chi connectivity index (χ2n) is 3.40. The van der Waals surface area contributed by atoms with Crippen LogP contribution in [0.1, 0.15) is 25.3 Å². The minimum absolute atomic E-state index is 0.156. The second-order valence-corrected chi connectivity index (χ2v) is 4.69. The third-order valence-corrected chi connectivity index (χ3v) is 3.00. The summed E-state index contributed by atoms with van der Waals surface area (Å²) in [7, 11) is 0. The second kappa shape index (κ2) is 6.13. The Morgan fingerprint density at radius 1 is 1.41 bits per heavy atom. The molecule has 0 bridgehead atoms. The Morgan fingerprint density at radius 3 is 2.35 bits per heavy atom. The van der Waals surface area contributed by atoms with Crippen LogP contribution in [0.2, 0.25) is 0 Å². The van der Waals surface area contributed by atoms with Crippen molar-refractivity contribution in [2.24, 2.45) is 0 Å². The molecule has 5 heteroatoms. The summed E-state index contributed by atoms with van der Waals surface area (Å²) in [5.74, 6) is -1.57. The van der Waals surface area contributed by atoms with Gasteiger partial charge in [-0.3, -0.25) is 0 Å². The summed E-state index contributed by atoms with van der Waals surface area (Å²) >= 11 is 8.85. The average Bonchev–Trinajstić information content (AvgIpc) is 2.24. The lowest BCUT2D eigenvalue weighted by atomic mass is 10.1. The molecular formula is C12H9BrClF2N. The summed E-state index contributed by atoms with van der Waals surface area (Å²) in [5, 5.41) is 8.72. The molecule has 0 radical (unpaired) electrons. The summed E-state index contributed by atoms with van der Waals surface area (Å²) in [4.78, 5) is 0. The molecule has 1 aromatic carbocycles. The van der Waals surface area contributed by atoms with E-state index in [1.54, 1.807) is 0 Å². The van der Waals surface area contributed by atoms with Gasteiger partial charge < -0.3 is 0 Å². The Kier molecular flexibility index (Phi) is 5.10. The standard InChI is InChI=1S/C12H9BrClF2N/c1-2-3-7(6-17)12(14)11-9(15)4-8(13)5-10(11)16/h4-5H,2-3H2,1H3. The van der Waals surface area contributed by atoms with Crippen LogP contribution in [0.5, 0.6) is 0 Å². The Balaban J connectivity index is 3.39. The molecule has 0 spiro atoms. The van der Waals surface area contributed by atoms with Crippen LogP contribution in [-0.4, -0.2) is 0 Å². The normalized spacial score (nSPS) is 12.0. The molecule has 17 heavy (non-hydrogen) atoms. The van der Waals surface area contributed by atoms with E-state index in [0.717, 1.165) is 12.1 Å². The Hall–Kier alpha value is -0.920. The van der Waals surface area contributed by atoms with Crippen LogP contribution < -0.4 is 0 Å². The van der Waals surface area contributed by atoms with Gasteiger partial charge in [0.25, 0.3) is 0 Å². The molecule has 1 aromatic rings. The first kappa shape index (κ1) is 14.1. The van der Waals surface area contributed by atoms with Crippen LogP contribution in [0.15, 0.2) is 22.2 Å². The van der Waals surface area contributed by atoms with Crippen LogP contribution in [0.3, 0.4) is 0 Å². The van der Waals surface area contributed by atoms with Crippen LogP contribution in [0.4, 0.5) is 8.78 Å². The van der Waals surface area contributed by atoms with E-state index in [1.807, 2.05) is 13.0 Å². The lowest BCUT2D eigenvalue weighted by Crippen LogP contribution is -1.95. The number of nitriles is 1. The minimum Gasteiger partial charge on any atom is -0.206 e. The molecule has 0 aromatic heterocycles. The number of allylic oxidation sites excluding steroid dienone is 1. The molecule has 90 valence electrons.